The van der Waals surface area contributed by atoms with E-state index in [2.05, 4.69) is 9.98 Å². The van der Waals surface area contributed by atoms with Crippen LogP contribution in [0.1, 0.15) is 16.7 Å². The second-order valence-electron chi connectivity index (χ2n) is 6.73. The molecule has 5 nitrogen and oxygen atoms in total. The minimum Gasteiger partial charge on any atom is -0.496 e. The predicted octanol–water partition coefficient (Wildman–Crippen LogP) is 3.79. The number of hydrogen-bond donors (Lipinski definition) is 1. The van der Waals surface area contributed by atoms with Crippen molar-refractivity contribution >= 4 is 6.02 Å². The predicted molar refractivity (Wildman–Crippen MR) is 106 cm³/mol. The largest absolute Gasteiger partial charge is 0.496 e. The Hall–Kier alpha value is -3.41. The molecular weight excluding hydrogens is 357 g/mol. The number of rotatable bonds is 4. The number of nitrogens with two attached hydrogens (primary N) is 1. The zero-order valence-corrected chi connectivity index (χ0v) is 15.6. The van der Waals surface area contributed by atoms with Gasteiger partial charge in [0.2, 0.25) is 5.95 Å². The van der Waals surface area contributed by atoms with E-state index in [1.165, 1.54) is 12.3 Å². The summed E-state index contributed by atoms with van der Waals surface area (Å²) in [6, 6.07) is 17.0. The van der Waals surface area contributed by atoms with Gasteiger partial charge in [0.15, 0.2) is 5.54 Å². The minimum atomic E-state index is -0.759. The van der Waals surface area contributed by atoms with Gasteiger partial charge in [0, 0.05) is 11.8 Å². The Labute approximate surface area is 162 Å². The topological polar surface area (TPSA) is 69.7 Å². The Bertz CT molecular complexity index is 1050. The third-order valence-electron chi connectivity index (χ3n) is 5.00. The molecule has 0 aliphatic carbocycles. The molecule has 0 saturated heterocycles. The van der Waals surface area contributed by atoms with Crippen LogP contribution in [0.25, 0.3) is 11.1 Å². The summed E-state index contributed by atoms with van der Waals surface area (Å²) < 4.78 is 24.1. The lowest BCUT2D eigenvalue weighted by atomic mass is 9.82. The molecule has 1 atom stereocenters. The Balaban J connectivity index is 1.84. The average molecular weight is 377 g/mol. The van der Waals surface area contributed by atoms with Gasteiger partial charge in [0.25, 0.3) is 6.02 Å². The zero-order chi connectivity index (χ0) is 19.7. The number of methoxy groups -OCH3 is 1. The van der Waals surface area contributed by atoms with E-state index in [-0.39, 0.29) is 6.02 Å². The van der Waals surface area contributed by atoms with Gasteiger partial charge in [-0.2, -0.15) is 4.39 Å². The molecule has 1 aliphatic heterocycles. The van der Waals surface area contributed by atoms with Gasteiger partial charge >= 0.3 is 0 Å². The highest BCUT2D eigenvalue weighted by molar-refractivity contribution is 5.76. The SMILES string of the molecule is COc1ccc(C2(c3cccc(-c4ccc(F)nc4)c3)COC(N)=N2)cc1C. The molecule has 2 aromatic carbocycles. The number of aliphatic imine (C=N–C) groups is 1. The Kier molecular flexibility index (Phi) is 4.47. The van der Waals surface area contributed by atoms with Crippen molar-refractivity contribution < 1.29 is 13.9 Å². The number of benzene rings is 2. The van der Waals surface area contributed by atoms with E-state index in [1.54, 1.807) is 13.2 Å². The average Bonchev–Trinajstić information content (AvgIpc) is 3.11. The van der Waals surface area contributed by atoms with Crippen LogP contribution in [-0.4, -0.2) is 24.7 Å². The molecule has 0 radical (unpaired) electrons. The molecule has 28 heavy (non-hydrogen) atoms. The number of halogens is 1. The molecule has 142 valence electrons. The van der Waals surface area contributed by atoms with Crippen LogP contribution in [-0.2, 0) is 10.3 Å². The first-order valence-electron chi connectivity index (χ1n) is 8.87. The van der Waals surface area contributed by atoms with Gasteiger partial charge < -0.3 is 15.2 Å². The molecule has 1 aromatic heterocycles. The van der Waals surface area contributed by atoms with E-state index in [0.717, 1.165) is 33.6 Å². The Morgan fingerprint density at radius 1 is 1.07 bits per heavy atom. The molecule has 0 bridgehead atoms. The maximum absolute atomic E-state index is 13.2. The fraction of sp³-hybridized carbons (Fsp3) is 0.182. The molecule has 2 N–H and O–H groups in total. The second kappa shape index (κ2) is 6.96. The van der Waals surface area contributed by atoms with Crippen molar-refractivity contribution in [3.63, 3.8) is 0 Å². The van der Waals surface area contributed by atoms with Gasteiger partial charge in [-0.25, -0.2) is 9.98 Å². The second-order valence-corrected chi connectivity index (χ2v) is 6.73. The summed E-state index contributed by atoms with van der Waals surface area (Å²) in [6.07, 6.45) is 1.52. The van der Waals surface area contributed by atoms with Crippen LogP contribution in [0.3, 0.4) is 0 Å². The monoisotopic (exact) mass is 377 g/mol. The lowest BCUT2D eigenvalue weighted by Gasteiger charge is -2.26. The molecule has 0 saturated carbocycles. The van der Waals surface area contributed by atoms with Crippen LogP contribution in [0, 0.1) is 12.9 Å². The number of pyridine rings is 1. The fourth-order valence-corrected chi connectivity index (χ4v) is 3.53. The Morgan fingerprint density at radius 3 is 2.54 bits per heavy atom. The molecule has 3 aromatic rings. The van der Waals surface area contributed by atoms with Gasteiger partial charge in [-0.1, -0.05) is 24.3 Å². The van der Waals surface area contributed by atoms with Crippen LogP contribution in [0.5, 0.6) is 5.75 Å². The van der Waals surface area contributed by atoms with Crippen molar-refractivity contribution in [2.75, 3.05) is 13.7 Å². The normalized spacial score (nSPS) is 18.5. The van der Waals surface area contributed by atoms with Crippen LogP contribution >= 0.6 is 0 Å². The maximum atomic E-state index is 13.2. The van der Waals surface area contributed by atoms with Gasteiger partial charge in [-0.05, 0) is 59.5 Å². The van der Waals surface area contributed by atoms with Gasteiger partial charge in [-0.3, -0.25) is 0 Å². The first kappa shape index (κ1) is 18.0. The molecule has 1 unspecified atom stereocenters. The van der Waals surface area contributed by atoms with Crippen LogP contribution in [0.4, 0.5) is 4.39 Å². The molecular formula is C22H20FN3O2. The molecule has 6 heteroatoms. The standard InChI is InChI=1S/C22H20FN3O2/c1-14-10-18(7-8-19(14)27-2)22(13-28-21(24)26-22)17-5-3-4-15(11-17)16-6-9-20(23)25-12-16/h3-12H,13H2,1-2H3,(H2,24,26). The number of hydrogen-bond acceptors (Lipinski definition) is 5. The number of amidine groups is 1. The number of nitrogens with zero attached hydrogens (tertiary/aromatic N) is 2. The summed E-state index contributed by atoms with van der Waals surface area (Å²) in [5, 5.41) is 0. The summed E-state index contributed by atoms with van der Waals surface area (Å²) in [4.78, 5) is 8.41. The highest BCUT2D eigenvalue weighted by Gasteiger charge is 2.40. The van der Waals surface area contributed by atoms with Gasteiger partial charge in [-0.15, -0.1) is 0 Å². The van der Waals surface area contributed by atoms with Crippen molar-refractivity contribution in [2.45, 2.75) is 12.5 Å². The lowest BCUT2D eigenvalue weighted by Crippen LogP contribution is -2.27. The van der Waals surface area contributed by atoms with E-state index >= 15 is 0 Å². The van der Waals surface area contributed by atoms with Crippen LogP contribution < -0.4 is 10.5 Å². The van der Waals surface area contributed by atoms with E-state index in [9.17, 15) is 4.39 Å². The van der Waals surface area contributed by atoms with Gasteiger partial charge in [0.05, 0.1) is 7.11 Å². The van der Waals surface area contributed by atoms with E-state index in [4.69, 9.17) is 15.2 Å². The molecule has 4 rings (SSSR count). The highest BCUT2D eigenvalue weighted by atomic mass is 19.1. The van der Waals surface area contributed by atoms with Crippen molar-refractivity contribution in [1.29, 1.82) is 0 Å². The van der Waals surface area contributed by atoms with E-state index in [1.807, 2.05) is 49.4 Å². The summed E-state index contributed by atoms with van der Waals surface area (Å²) in [5.74, 6) is 0.299. The third-order valence-corrected chi connectivity index (χ3v) is 5.00. The smallest absolute Gasteiger partial charge is 0.283 e. The fourth-order valence-electron chi connectivity index (χ4n) is 3.53. The molecule has 0 amide bonds. The maximum Gasteiger partial charge on any atom is 0.283 e. The summed E-state index contributed by atoms with van der Waals surface area (Å²) in [5.41, 5.74) is 9.76. The number of ether oxygens (including phenoxy) is 2. The van der Waals surface area contributed by atoms with E-state index < -0.39 is 11.5 Å². The summed E-state index contributed by atoms with van der Waals surface area (Å²) >= 11 is 0. The molecule has 1 aliphatic rings. The van der Waals surface area contributed by atoms with Crippen molar-refractivity contribution in [1.82, 2.24) is 4.98 Å². The summed E-state index contributed by atoms with van der Waals surface area (Å²) in [7, 11) is 1.65. The lowest BCUT2D eigenvalue weighted by molar-refractivity contribution is 0.278. The molecule has 2 heterocycles. The summed E-state index contributed by atoms with van der Waals surface area (Å²) in [6.45, 7) is 2.29. The zero-order valence-electron chi connectivity index (χ0n) is 15.6. The number of aryl methyl sites for hydroxylation is 1. The first-order valence-corrected chi connectivity index (χ1v) is 8.87. The first-order chi connectivity index (χ1) is 13.5. The quantitative estimate of drug-likeness (QED) is 0.702. The van der Waals surface area contributed by atoms with Crippen LogP contribution in [0.15, 0.2) is 65.8 Å². The molecule has 0 spiro atoms. The molecule has 0 fully saturated rings. The Morgan fingerprint density at radius 2 is 1.89 bits per heavy atom. The van der Waals surface area contributed by atoms with Gasteiger partial charge in [0.1, 0.15) is 12.4 Å². The minimum absolute atomic E-state index is 0.155. The highest BCUT2D eigenvalue weighted by Crippen LogP contribution is 2.40. The van der Waals surface area contributed by atoms with E-state index in [0.29, 0.717) is 6.61 Å². The van der Waals surface area contributed by atoms with Crippen molar-refractivity contribution in [3.8, 4) is 16.9 Å². The van der Waals surface area contributed by atoms with Crippen molar-refractivity contribution in [2.24, 2.45) is 10.7 Å². The third kappa shape index (κ3) is 3.07. The van der Waals surface area contributed by atoms with Crippen molar-refractivity contribution in [3.05, 3.63) is 83.4 Å². The number of aromatic nitrogens is 1. The van der Waals surface area contributed by atoms with Crippen LogP contribution in [0.2, 0.25) is 0 Å².